The second-order valence-corrected chi connectivity index (χ2v) is 9.36. The molecule has 0 saturated carbocycles. The number of carbonyl (C=O) groups is 3. The van der Waals surface area contributed by atoms with Crippen LogP contribution in [0.5, 0.6) is 0 Å². The molecule has 8 heteroatoms. The van der Waals surface area contributed by atoms with E-state index in [2.05, 4.69) is 16.0 Å². The van der Waals surface area contributed by atoms with Gasteiger partial charge in [0.05, 0.1) is 12.5 Å². The summed E-state index contributed by atoms with van der Waals surface area (Å²) in [5.41, 5.74) is 2.21. The van der Waals surface area contributed by atoms with Crippen LogP contribution in [0.25, 0.3) is 0 Å². The molecule has 3 aromatic rings. The summed E-state index contributed by atoms with van der Waals surface area (Å²) >= 11 is 0. The molecule has 6 nitrogen and oxygen atoms in total. The first-order valence-electron chi connectivity index (χ1n) is 12.2. The number of rotatable bonds is 7. The van der Waals surface area contributed by atoms with Gasteiger partial charge in [0, 0.05) is 6.07 Å². The fraction of sp³-hybridized carbons (Fsp3) is 0.276. The van der Waals surface area contributed by atoms with E-state index < -0.39 is 35.5 Å². The molecule has 0 radical (unpaired) electrons. The van der Waals surface area contributed by atoms with E-state index in [4.69, 9.17) is 0 Å². The zero-order valence-corrected chi connectivity index (χ0v) is 20.4. The van der Waals surface area contributed by atoms with Gasteiger partial charge in [0.25, 0.3) is 0 Å². The molecule has 1 aliphatic rings. The Bertz CT molecular complexity index is 1230. The highest BCUT2D eigenvalue weighted by Crippen LogP contribution is 2.34. The third-order valence-corrected chi connectivity index (χ3v) is 6.52. The SMILES string of the molecule is C[C@H](NC(=O)Cc1cc(F)cc(F)c1)C(=O)N[C@H]1C[C@@H](c2ccccc2)C[C@@H](c2ccccc2)NC1=O. The maximum absolute atomic E-state index is 13.4. The van der Waals surface area contributed by atoms with E-state index in [0.29, 0.717) is 12.8 Å². The van der Waals surface area contributed by atoms with E-state index in [1.165, 1.54) is 6.92 Å². The van der Waals surface area contributed by atoms with Gasteiger partial charge >= 0.3 is 0 Å². The normalized spacial score (nSPS) is 20.3. The van der Waals surface area contributed by atoms with Crippen molar-refractivity contribution in [2.75, 3.05) is 0 Å². The molecule has 0 bridgehead atoms. The number of benzene rings is 3. The third kappa shape index (κ3) is 7.00. The molecule has 1 aliphatic heterocycles. The highest BCUT2D eigenvalue weighted by molar-refractivity contribution is 5.92. The Morgan fingerprint density at radius 3 is 2.14 bits per heavy atom. The Balaban J connectivity index is 1.44. The summed E-state index contributed by atoms with van der Waals surface area (Å²) in [5.74, 6) is -2.95. The first-order valence-corrected chi connectivity index (χ1v) is 12.2. The number of amides is 3. The van der Waals surface area contributed by atoms with Crippen LogP contribution in [0.1, 0.15) is 48.4 Å². The molecule has 4 atom stereocenters. The molecule has 3 N–H and O–H groups in total. The largest absolute Gasteiger partial charge is 0.347 e. The Labute approximate surface area is 214 Å². The minimum Gasteiger partial charge on any atom is -0.347 e. The number of carbonyl (C=O) groups excluding carboxylic acids is 3. The van der Waals surface area contributed by atoms with E-state index in [1.807, 2.05) is 60.7 Å². The lowest BCUT2D eigenvalue weighted by Crippen LogP contribution is -2.52. The molecule has 0 aliphatic carbocycles. The molecular weight excluding hydrogens is 476 g/mol. The number of nitrogens with one attached hydrogen (secondary N) is 3. The van der Waals surface area contributed by atoms with Gasteiger partial charge in [-0.2, -0.15) is 0 Å². The molecule has 37 heavy (non-hydrogen) atoms. The van der Waals surface area contributed by atoms with Crippen molar-refractivity contribution in [1.82, 2.24) is 16.0 Å². The number of hydrogen-bond acceptors (Lipinski definition) is 3. The summed E-state index contributed by atoms with van der Waals surface area (Å²) in [6, 6.07) is 20.4. The second-order valence-electron chi connectivity index (χ2n) is 9.36. The van der Waals surface area contributed by atoms with Crippen LogP contribution >= 0.6 is 0 Å². The van der Waals surface area contributed by atoms with Crippen molar-refractivity contribution in [2.45, 2.75) is 50.2 Å². The minimum absolute atomic E-state index is 0.00317. The lowest BCUT2D eigenvalue weighted by molar-refractivity contribution is -0.131. The number of hydrogen-bond donors (Lipinski definition) is 3. The van der Waals surface area contributed by atoms with Crippen LogP contribution in [-0.4, -0.2) is 29.8 Å². The molecule has 0 spiro atoms. The third-order valence-electron chi connectivity index (χ3n) is 6.52. The van der Waals surface area contributed by atoms with Crippen LogP contribution < -0.4 is 16.0 Å². The molecule has 0 aromatic heterocycles. The second kappa shape index (κ2) is 11.8. The van der Waals surface area contributed by atoms with E-state index in [1.54, 1.807) is 0 Å². The molecule has 0 unspecified atom stereocenters. The van der Waals surface area contributed by atoms with Crippen LogP contribution in [0.4, 0.5) is 8.78 Å². The Kier molecular flexibility index (Phi) is 8.28. The molecule has 3 amide bonds. The van der Waals surface area contributed by atoms with Gasteiger partial charge in [-0.05, 0) is 54.5 Å². The predicted molar refractivity (Wildman–Crippen MR) is 135 cm³/mol. The maximum atomic E-state index is 13.4. The molecule has 1 heterocycles. The first-order chi connectivity index (χ1) is 17.8. The fourth-order valence-electron chi connectivity index (χ4n) is 4.68. The van der Waals surface area contributed by atoms with Crippen molar-refractivity contribution in [1.29, 1.82) is 0 Å². The number of halogens is 2. The average molecular weight is 506 g/mol. The summed E-state index contributed by atoms with van der Waals surface area (Å²) in [4.78, 5) is 38.5. The van der Waals surface area contributed by atoms with Gasteiger partial charge in [-0.25, -0.2) is 8.78 Å². The lowest BCUT2D eigenvalue weighted by atomic mass is 9.86. The topological polar surface area (TPSA) is 87.3 Å². The monoisotopic (exact) mass is 505 g/mol. The minimum atomic E-state index is -0.956. The van der Waals surface area contributed by atoms with Gasteiger partial charge in [-0.1, -0.05) is 60.7 Å². The van der Waals surface area contributed by atoms with Crippen LogP contribution in [0.15, 0.2) is 78.9 Å². The standard InChI is InChI=1S/C29H29F2N3O3/c1-18(32-27(35)14-19-12-23(30)17-24(31)13-19)28(36)34-26-16-22(20-8-4-2-5-9-20)15-25(33-29(26)37)21-10-6-3-7-11-21/h2-13,17-18,22,25-26H,14-16H2,1H3,(H,32,35)(H,33,37)(H,34,36)/t18-,22-,25-,26-/m0/s1. The molecule has 1 saturated heterocycles. The van der Waals surface area contributed by atoms with Crippen LogP contribution in [0, 0.1) is 11.6 Å². The van der Waals surface area contributed by atoms with Crippen LogP contribution in [-0.2, 0) is 20.8 Å². The summed E-state index contributed by atoms with van der Waals surface area (Å²) in [6.07, 6.45) is 0.780. The quantitative estimate of drug-likeness (QED) is 0.455. The molecular formula is C29H29F2N3O3. The summed E-state index contributed by atoms with van der Waals surface area (Å²) in [6.45, 7) is 1.50. The van der Waals surface area contributed by atoms with Crippen LogP contribution in [0.3, 0.4) is 0 Å². The van der Waals surface area contributed by atoms with Crippen LogP contribution in [0.2, 0.25) is 0 Å². The van der Waals surface area contributed by atoms with Crippen molar-refractivity contribution in [3.8, 4) is 0 Å². The van der Waals surface area contributed by atoms with Crippen molar-refractivity contribution in [3.63, 3.8) is 0 Å². The van der Waals surface area contributed by atoms with Gasteiger partial charge in [0.1, 0.15) is 23.7 Å². The summed E-state index contributed by atoms with van der Waals surface area (Å²) in [5, 5.41) is 8.38. The maximum Gasteiger partial charge on any atom is 0.243 e. The summed E-state index contributed by atoms with van der Waals surface area (Å²) in [7, 11) is 0. The van der Waals surface area contributed by atoms with Gasteiger partial charge in [-0.15, -0.1) is 0 Å². The van der Waals surface area contributed by atoms with Crippen molar-refractivity contribution < 1.29 is 23.2 Å². The highest BCUT2D eigenvalue weighted by atomic mass is 19.1. The Morgan fingerprint density at radius 2 is 1.51 bits per heavy atom. The van der Waals surface area contributed by atoms with E-state index in [-0.39, 0.29) is 29.9 Å². The van der Waals surface area contributed by atoms with Crippen molar-refractivity contribution in [2.24, 2.45) is 0 Å². The van der Waals surface area contributed by atoms with Gasteiger partial charge < -0.3 is 16.0 Å². The predicted octanol–water partition coefficient (Wildman–Crippen LogP) is 3.93. The Hall–Kier alpha value is -4.07. The van der Waals surface area contributed by atoms with Gasteiger partial charge in [0.15, 0.2) is 0 Å². The molecule has 4 rings (SSSR count). The first kappa shape index (κ1) is 26.0. The van der Waals surface area contributed by atoms with Gasteiger partial charge in [0.2, 0.25) is 17.7 Å². The molecule has 3 aromatic carbocycles. The molecule has 1 fully saturated rings. The van der Waals surface area contributed by atoms with E-state index >= 15 is 0 Å². The Morgan fingerprint density at radius 1 is 0.919 bits per heavy atom. The fourth-order valence-corrected chi connectivity index (χ4v) is 4.68. The lowest BCUT2D eigenvalue weighted by Gasteiger charge is -2.22. The smallest absolute Gasteiger partial charge is 0.243 e. The molecule has 192 valence electrons. The van der Waals surface area contributed by atoms with E-state index in [9.17, 15) is 23.2 Å². The highest BCUT2D eigenvalue weighted by Gasteiger charge is 2.34. The average Bonchev–Trinajstić information content (AvgIpc) is 3.03. The van der Waals surface area contributed by atoms with Crippen molar-refractivity contribution >= 4 is 17.7 Å². The zero-order valence-electron chi connectivity index (χ0n) is 20.4. The van der Waals surface area contributed by atoms with Gasteiger partial charge in [-0.3, -0.25) is 14.4 Å². The zero-order chi connectivity index (χ0) is 26.4. The van der Waals surface area contributed by atoms with Crippen molar-refractivity contribution in [3.05, 3.63) is 107 Å². The van der Waals surface area contributed by atoms with E-state index in [0.717, 1.165) is 29.3 Å². The summed E-state index contributed by atoms with van der Waals surface area (Å²) < 4.78 is 26.8.